The molecule has 0 spiro atoms. The third kappa shape index (κ3) is 18.3. The van der Waals surface area contributed by atoms with Crippen molar-refractivity contribution in [1.29, 1.82) is 0 Å². The molecule has 10 N–H and O–H groups in total. The molecule has 2 aromatic carbocycles. The Labute approximate surface area is 352 Å². The zero-order valence-corrected chi connectivity index (χ0v) is 34.9. The first-order valence-corrected chi connectivity index (χ1v) is 20.6. The summed E-state index contributed by atoms with van der Waals surface area (Å²) in [5, 5.41) is 38.5. The Morgan fingerprint density at radius 2 is 1.35 bits per heavy atom. The van der Waals surface area contributed by atoms with Crippen LogP contribution in [0.4, 0.5) is 0 Å². The lowest BCUT2D eigenvalue weighted by Crippen LogP contribution is -2.58. The number of hydroxylamine groups is 1. The van der Waals surface area contributed by atoms with Crippen LogP contribution in [0.25, 0.3) is 0 Å². The molecule has 0 saturated carbocycles. The topological polar surface area (TPSA) is 299 Å². The second-order valence-corrected chi connectivity index (χ2v) is 15.3. The molecule has 2 rings (SSSR count). The Morgan fingerprint density at radius 3 is 1.87 bits per heavy atom. The van der Waals surface area contributed by atoms with Crippen molar-refractivity contribution >= 4 is 65.0 Å². The van der Waals surface area contributed by atoms with Gasteiger partial charge in [0.2, 0.25) is 35.4 Å². The molecule has 0 aliphatic rings. The van der Waals surface area contributed by atoms with E-state index in [1.807, 2.05) is 25.6 Å². The van der Waals surface area contributed by atoms with E-state index in [4.69, 9.17) is 10.8 Å². The van der Waals surface area contributed by atoms with Gasteiger partial charge in [-0.1, -0.05) is 74.5 Å². The standard InChI is InChI=1S/C40H56N8O11S/c1-24(2)19-28(37(55)45-27(36(41)54)17-18-60-4)43-32(47-59)23-42-39(57)31(21-26-13-9-6-10-14-26)48(3)40(58)30(20-25-11-7-5-8-12-25)46-38(56)29(22-35(52)53)44-33(49)15-16-34(50)51/h5-14,24,27-31,59H,15-23H2,1-4H3,(H2,41,54)(H,42,57)(H,43,47)(H,44,49)(H,45,55)(H,46,56)(H,50,51)(H,52,53)/t27-,28-,29-,30-,31-/m0/s1. The van der Waals surface area contributed by atoms with Gasteiger partial charge in [-0.15, -0.1) is 0 Å². The van der Waals surface area contributed by atoms with Crippen molar-refractivity contribution in [1.82, 2.24) is 31.6 Å². The fourth-order valence-electron chi connectivity index (χ4n) is 5.88. The summed E-state index contributed by atoms with van der Waals surface area (Å²) in [5.41, 5.74) is 8.67. The number of aliphatic imine (C=N–C) groups is 1. The van der Waals surface area contributed by atoms with Crippen LogP contribution in [0, 0.1) is 5.92 Å². The van der Waals surface area contributed by atoms with Gasteiger partial charge in [-0.2, -0.15) is 11.8 Å². The second-order valence-electron chi connectivity index (χ2n) is 14.3. The van der Waals surface area contributed by atoms with Gasteiger partial charge in [0.1, 0.15) is 36.0 Å². The van der Waals surface area contributed by atoms with Crippen molar-refractivity contribution in [3.8, 4) is 0 Å². The van der Waals surface area contributed by atoms with Gasteiger partial charge in [-0.05, 0) is 41.9 Å². The lowest BCUT2D eigenvalue weighted by molar-refractivity contribution is -0.143. The molecule has 0 aliphatic heterocycles. The minimum atomic E-state index is -1.68. The Hall–Kier alpha value is -6.02. The van der Waals surface area contributed by atoms with Crippen LogP contribution < -0.4 is 32.5 Å². The monoisotopic (exact) mass is 856 g/mol. The van der Waals surface area contributed by atoms with Crippen LogP contribution in [0.2, 0.25) is 0 Å². The first-order valence-electron chi connectivity index (χ1n) is 19.2. The highest BCUT2D eigenvalue weighted by atomic mass is 32.2. The summed E-state index contributed by atoms with van der Waals surface area (Å²) < 4.78 is 0. The largest absolute Gasteiger partial charge is 0.481 e. The smallest absolute Gasteiger partial charge is 0.305 e. The summed E-state index contributed by atoms with van der Waals surface area (Å²) in [7, 11) is 1.34. The molecular weight excluding hydrogens is 801 g/mol. The number of primary amides is 1. The average molecular weight is 857 g/mol. The van der Waals surface area contributed by atoms with Crippen LogP contribution in [0.3, 0.4) is 0 Å². The van der Waals surface area contributed by atoms with E-state index in [9.17, 15) is 48.7 Å². The van der Waals surface area contributed by atoms with Gasteiger partial charge in [0.25, 0.3) is 0 Å². The molecule has 60 heavy (non-hydrogen) atoms. The summed E-state index contributed by atoms with van der Waals surface area (Å²) >= 11 is 1.47. The van der Waals surface area contributed by atoms with Crippen molar-refractivity contribution in [2.75, 3.05) is 25.6 Å². The van der Waals surface area contributed by atoms with E-state index in [-0.39, 0.29) is 31.0 Å². The molecule has 0 aliphatic carbocycles. The first-order chi connectivity index (χ1) is 28.4. The van der Waals surface area contributed by atoms with E-state index in [2.05, 4.69) is 26.3 Å². The van der Waals surface area contributed by atoms with Crippen molar-refractivity contribution in [2.45, 2.75) is 89.0 Å². The molecule has 2 aromatic rings. The molecular formula is C40H56N8O11S. The van der Waals surface area contributed by atoms with Crippen LogP contribution in [-0.2, 0) is 51.2 Å². The zero-order chi connectivity index (χ0) is 44.8. The molecule has 0 aromatic heterocycles. The Morgan fingerprint density at radius 1 is 0.767 bits per heavy atom. The first kappa shape index (κ1) is 50.1. The van der Waals surface area contributed by atoms with E-state index in [0.29, 0.717) is 23.3 Å². The fraction of sp³-hybridized carbons (Fsp3) is 0.475. The number of benzene rings is 2. The molecule has 5 atom stereocenters. The molecule has 0 unspecified atom stereocenters. The number of carbonyl (C=O) groups is 8. The quantitative estimate of drug-likeness (QED) is 0.0349. The predicted octanol–water partition coefficient (Wildman–Crippen LogP) is 0.239. The summed E-state index contributed by atoms with van der Waals surface area (Å²) in [5.74, 6) is -7.16. The van der Waals surface area contributed by atoms with Gasteiger partial charge in [0, 0.05) is 26.3 Å². The van der Waals surface area contributed by atoms with Gasteiger partial charge < -0.3 is 42.1 Å². The van der Waals surface area contributed by atoms with Crippen molar-refractivity contribution in [3.63, 3.8) is 0 Å². The predicted molar refractivity (Wildman–Crippen MR) is 223 cm³/mol. The van der Waals surface area contributed by atoms with Gasteiger partial charge in [-0.25, -0.2) is 0 Å². The minimum absolute atomic E-state index is 0.0237. The number of hydrogen-bond acceptors (Lipinski definition) is 11. The molecule has 328 valence electrons. The number of thioether (sulfide) groups is 1. The number of amides is 6. The van der Waals surface area contributed by atoms with Crippen LogP contribution in [0.15, 0.2) is 65.7 Å². The zero-order valence-electron chi connectivity index (χ0n) is 34.1. The number of amidine groups is 1. The van der Waals surface area contributed by atoms with Crippen LogP contribution in [0.1, 0.15) is 57.1 Å². The average Bonchev–Trinajstić information content (AvgIpc) is 3.20. The lowest BCUT2D eigenvalue weighted by Gasteiger charge is -2.32. The normalized spacial score (nSPS) is 13.7. The van der Waals surface area contributed by atoms with Crippen molar-refractivity contribution in [2.24, 2.45) is 16.6 Å². The number of hydrogen-bond donors (Lipinski definition) is 9. The fourth-order valence-corrected chi connectivity index (χ4v) is 6.35. The molecule has 0 radical (unpaired) electrons. The number of carboxylic acids is 2. The number of aliphatic carboxylic acids is 2. The summed E-state index contributed by atoms with van der Waals surface area (Å²) in [4.78, 5) is 108. The third-order valence-corrected chi connectivity index (χ3v) is 9.67. The van der Waals surface area contributed by atoms with Crippen LogP contribution in [0.5, 0.6) is 0 Å². The maximum atomic E-state index is 14.4. The van der Waals surface area contributed by atoms with E-state index >= 15 is 0 Å². The van der Waals surface area contributed by atoms with E-state index in [1.165, 1.54) is 18.8 Å². The molecule has 0 bridgehead atoms. The van der Waals surface area contributed by atoms with Gasteiger partial charge >= 0.3 is 11.9 Å². The second kappa shape index (κ2) is 26.2. The lowest BCUT2D eigenvalue weighted by atomic mass is 10.0. The third-order valence-electron chi connectivity index (χ3n) is 9.02. The maximum Gasteiger partial charge on any atom is 0.305 e. The molecule has 0 saturated heterocycles. The molecule has 0 fully saturated rings. The highest BCUT2D eigenvalue weighted by Gasteiger charge is 2.35. The van der Waals surface area contributed by atoms with E-state index < -0.39 is 103 Å². The SMILES string of the molecule is CSCC[C@H](NC(=O)[C@H](CC(C)C)N=C(CNC(=O)[C@H](Cc1ccccc1)N(C)C(=O)[C@H](Cc1ccccc1)NC(=O)[C@H](CC(=O)O)NC(=O)CCC(=O)O)NO)C(N)=O. The highest BCUT2D eigenvalue weighted by Crippen LogP contribution is 2.14. The Kier molecular flexibility index (Phi) is 21.9. The maximum absolute atomic E-state index is 14.4. The number of carbonyl (C=O) groups excluding carboxylic acids is 6. The van der Waals surface area contributed by atoms with Crippen LogP contribution >= 0.6 is 11.8 Å². The summed E-state index contributed by atoms with van der Waals surface area (Å²) in [6, 6.07) is 10.9. The van der Waals surface area contributed by atoms with E-state index in [1.54, 1.807) is 60.7 Å². The molecule has 20 heteroatoms. The number of nitrogens with two attached hydrogens (primary N) is 1. The molecule has 19 nitrogen and oxygen atoms in total. The summed E-state index contributed by atoms with van der Waals surface area (Å²) in [6.07, 6.45) is 0.242. The highest BCUT2D eigenvalue weighted by molar-refractivity contribution is 7.98. The van der Waals surface area contributed by atoms with Gasteiger partial charge in [0.05, 0.1) is 19.4 Å². The number of nitrogens with zero attached hydrogens (tertiary/aromatic N) is 2. The Balaban J connectivity index is 2.45. The number of likely N-dealkylation sites (N-methyl/N-ethyl adjacent to an activating group) is 1. The molecule has 0 heterocycles. The van der Waals surface area contributed by atoms with Crippen molar-refractivity contribution < 1.29 is 53.8 Å². The number of nitrogens with one attached hydrogen (secondary N) is 5. The summed E-state index contributed by atoms with van der Waals surface area (Å²) in [6.45, 7) is 3.27. The van der Waals surface area contributed by atoms with Crippen molar-refractivity contribution in [3.05, 3.63) is 71.8 Å². The van der Waals surface area contributed by atoms with Gasteiger partial charge in [0.15, 0.2) is 0 Å². The Bertz CT molecular complexity index is 1800. The van der Waals surface area contributed by atoms with Crippen LogP contribution in [-0.4, -0.2) is 129 Å². The number of rotatable bonds is 26. The van der Waals surface area contributed by atoms with E-state index in [0.717, 1.165) is 4.90 Å². The number of carboxylic acid groups (broad SMARTS) is 2. The molecule has 6 amide bonds. The van der Waals surface area contributed by atoms with Gasteiger partial charge in [-0.3, -0.25) is 54.0 Å². The minimum Gasteiger partial charge on any atom is -0.481 e.